The number of thiazole rings is 1. The van der Waals surface area contributed by atoms with E-state index < -0.39 is 4.92 Å². The van der Waals surface area contributed by atoms with Gasteiger partial charge >= 0.3 is 0 Å². The summed E-state index contributed by atoms with van der Waals surface area (Å²) in [6.07, 6.45) is 0. The summed E-state index contributed by atoms with van der Waals surface area (Å²) >= 11 is 2.66. The first kappa shape index (κ1) is 21.9. The Kier molecular flexibility index (Phi) is 7.20. The summed E-state index contributed by atoms with van der Waals surface area (Å²) in [5.74, 6) is -0.345. The van der Waals surface area contributed by atoms with Gasteiger partial charge in [-0.15, -0.1) is 11.3 Å². The first-order valence-corrected chi connectivity index (χ1v) is 10.9. The van der Waals surface area contributed by atoms with Crippen molar-refractivity contribution < 1.29 is 9.72 Å². The van der Waals surface area contributed by atoms with Crippen molar-refractivity contribution in [1.82, 2.24) is 15.2 Å². The number of likely N-dealkylation sites (N-methyl/N-ethyl adjacent to an activating group) is 1. The fraction of sp³-hybridized carbons (Fsp3) is 0.238. The van der Waals surface area contributed by atoms with Crippen LogP contribution in [-0.4, -0.2) is 41.4 Å². The van der Waals surface area contributed by atoms with E-state index >= 15 is 0 Å². The van der Waals surface area contributed by atoms with Crippen molar-refractivity contribution in [3.8, 4) is 0 Å². The monoisotopic (exact) mass is 442 g/mol. The molecule has 156 valence electrons. The molecule has 0 unspecified atom stereocenters. The van der Waals surface area contributed by atoms with E-state index in [1.807, 2.05) is 61.6 Å². The Morgan fingerprint density at radius 1 is 1.27 bits per heavy atom. The molecule has 0 bridgehead atoms. The highest BCUT2D eigenvalue weighted by Crippen LogP contribution is 2.36. The summed E-state index contributed by atoms with van der Waals surface area (Å²) in [6.45, 7) is 2.26. The molecule has 0 aliphatic rings. The second kappa shape index (κ2) is 9.84. The number of nitro groups is 1. The molecular formula is C21H22N4O3S2. The van der Waals surface area contributed by atoms with Gasteiger partial charge < -0.3 is 10.2 Å². The molecule has 0 fully saturated rings. The van der Waals surface area contributed by atoms with E-state index in [0.717, 1.165) is 15.6 Å². The minimum absolute atomic E-state index is 0.00638. The maximum atomic E-state index is 12.7. The van der Waals surface area contributed by atoms with E-state index in [-0.39, 0.29) is 23.2 Å². The topological polar surface area (TPSA) is 88.4 Å². The van der Waals surface area contributed by atoms with Crippen LogP contribution in [0.4, 0.5) is 5.69 Å². The summed E-state index contributed by atoms with van der Waals surface area (Å²) in [7, 11) is 3.89. The molecule has 2 aromatic carbocycles. The smallest absolute Gasteiger partial charge is 0.284 e. The van der Waals surface area contributed by atoms with Gasteiger partial charge in [-0.2, -0.15) is 0 Å². The van der Waals surface area contributed by atoms with Crippen molar-refractivity contribution >= 4 is 34.7 Å². The fourth-order valence-corrected chi connectivity index (χ4v) is 4.80. The molecule has 0 aliphatic heterocycles. The predicted molar refractivity (Wildman–Crippen MR) is 119 cm³/mol. The second-order valence-electron chi connectivity index (χ2n) is 6.90. The zero-order valence-electron chi connectivity index (χ0n) is 16.9. The second-order valence-corrected chi connectivity index (χ2v) is 9.04. The molecule has 30 heavy (non-hydrogen) atoms. The minimum Gasteiger partial charge on any atom is -0.350 e. The largest absolute Gasteiger partial charge is 0.350 e. The maximum absolute atomic E-state index is 12.7. The zero-order chi connectivity index (χ0) is 21.7. The summed E-state index contributed by atoms with van der Waals surface area (Å²) in [4.78, 5) is 30.6. The van der Waals surface area contributed by atoms with Crippen molar-refractivity contribution in [1.29, 1.82) is 0 Å². The zero-order valence-corrected chi connectivity index (χ0v) is 18.5. The number of hydrogen-bond acceptors (Lipinski definition) is 7. The Hall–Kier alpha value is -2.75. The quantitative estimate of drug-likeness (QED) is 0.407. The van der Waals surface area contributed by atoms with E-state index in [1.165, 1.54) is 29.2 Å². The van der Waals surface area contributed by atoms with Crippen molar-refractivity contribution in [3.05, 3.63) is 80.8 Å². The number of nitrogens with one attached hydrogen (secondary N) is 1. The number of hydrogen-bond donors (Lipinski definition) is 1. The molecule has 7 nitrogen and oxygen atoms in total. The lowest BCUT2D eigenvalue weighted by Crippen LogP contribution is -2.34. The third kappa shape index (κ3) is 5.44. The van der Waals surface area contributed by atoms with Crippen LogP contribution in [0.25, 0.3) is 0 Å². The molecule has 0 spiro atoms. The van der Waals surface area contributed by atoms with E-state index in [0.29, 0.717) is 11.4 Å². The van der Waals surface area contributed by atoms with Gasteiger partial charge in [0.25, 0.3) is 11.6 Å². The number of carbonyl (C=O) groups is 1. The Morgan fingerprint density at radius 2 is 2.00 bits per heavy atom. The molecule has 1 N–H and O–H groups in total. The van der Waals surface area contributed by atoms with Crippen molar-refractivity contribution in [3.63, 3.8) is 0 Å². The third-order valence-electron chi connectivity index (χ3n) is 4.48. The number of benzene rings is 2. The molecule has 1 amide bonds. The number of nitrogens with zero attached hydrogens (tertiary/aromatic N) is 3. The standard InChI is InChI=1S/C21H22N4O3S2/c1-14-13-29-21(23-14)30-19-10-9-16(11-17(19)25(27)28)20(26)22-12-18(24(2)3)15-7-5-4-6-8-15/h4-11,13,18H,12H2,1-3H3,(H,22,26)/t18-/m0/s1. The lowest BCUT2D eigenvalue weighted by Gasteiger charge is -2.25. The van der Waals surface area contributed by atoms with Crippen LogP contribution < -0.4 is 5.32 Å². The highest BCUT2D eigenvalue weighted by atomic mass is 32.2. The number of aromatic nitrogens is 1. The molecule has 1 aromatic heterocycles. The van der Waals surface area contributed by atoms with Gasteiger partial charge in [-0.1, -0.05) is 42.1 Å². The van der Waals surface area contributed by atoms with Crippen LogP contribution >= 0.6 is 23.1 Å². The fourth-order valence-electron chi connectivity index (χ4n) is 2.93. The van der Waals surface area contributed by atoms with Crippen LogP contribution in [0.15, 0.2) is 63.1 Å². The van der Waals surface area contributed by atoms with Crippen LogP contribution in [0.5, 0.6) is 0 Å². The van der Waals surface area contributed by atoms with Gasteiger partial charge in [0.15, 0.2) is 4.34 Å². The number of aryl methyl sites for hydroxylation is 1. The Bertz CT molecular complexity index is 1040. The van der Waals surface area contributed by atoms with Gasteiger partial charge in [0, 0.05) is 29.2 Å². The predicted octanol–water partition coefficient (Wildman–Crippen LogP) is 4.54. The molecule has 0 aliphatic carbocycles. The lowest BCUT2D eigenvalue weighted by molar-refractivity contribution is -0.387. The van der Waals surface area contributed by atoms with Crippen molar-refractivity contribution in [2.45, 2.75) is 22.2 Å². The number of nitro benzene ring substituents is 1. The van der Waals surface area contributed by atoms with Crippen LogP contribution in [0.2, 0.25) is 0 Å². The Labute approximate surface area is 183 Å². The van der Waals surface area contributed by atoms with Crippen LogP contribution in [-0.2, 0) is 0 Å². The summed E-state index contributed by atoms with van der Waals surface area (Å²) in [5.41, 5.74) is 2.11. The maximum Gasteiger partial charge on any atom is 0.284 e. The lowest BCUT2D eigenvalue weighted by atomic mass is 10.1. The molecule has 0 saturated heterocycles. The molecule has 1 atom stereocenters. The van der Waals surface area contributed by atoms with Gasteiger partial charge in [0.05, 0.1) is 15.9 Å². The first-order chi connectivity index (χ1) is 14.3. The van der Waals surface area contributed by atoms with E-state index in [2.05, 4.69) is 10.3 Å². The summed E-state index contributed by atoms with van der Waals surface area (Å²) in [6, 6.07) is 14.4. The van der Waals surface area contributed by atoms with Gasteiger partial charge in [-0.3, -0.25) is 14.9 Å². The molecule has 3 rings (SSSR count). The Morgan fingerprint density at radius 3 is 2.60 bits per heavy atom. The molecule has 3 aromatic rings. The number of rotatable bonds is 8. The minimum atomic E-state index is -0.466. The summed E-state index contributed by atoms with van der Waals surface area (Å²) < 4.78 is 0.726. The summed E-state index contributed by atoms with van der Waals surface area (Å²) in [5, 5.41) is 16.4. The van der Waals surface area contributed by atoms with E-state index in [4.69, 9.17) is 0 Å². The van der Waals surface area contributed by atoms with Crippen molar-refractivity contribution in [2.24, 2.45) is 0 Å². The number of carbonyl (C=O) groups excluding carboxylic acids is 1. The van der Waals surface area contributed by atoms with E-state index in [1.54, 1.807) is 12.1 Å². The molecule has 0 radical (unpaired) electrons. The SMILES string of the molecule is Cc1csc(Sc2ccc(C(=O)NC[C@@H](c3ccccc3)N(C)C)cc2[N+](=O)[O-])n1. The average Bonchev–Trinajstić information content (AvgIpc) is 3.13. The molecule has 0 saturated carbocycles. The highest BCUT2D eigenvalue weighted by Gasteiger charge is 2.21. The average molecular weight is 443 g/mol. The van der Waals surface area contributed by atoms with Crippen LogP contribution in [0.1, 0.15) is 27.7 Å². The van der Waals surface area contributed by atoms with E-state index in [9.17, 15) is 14.9 Å². The number of amides is 1. The van der Waals surface area contributed by atoms with Crippen LogP contribution in [0, 0.1) is 17.0 Å². The molecule has 9 heteroatoms. The third-order valence-corrected chi connectivity index (χ3v) is 6.60. The Balaban J connectivity index is 1.75. The van der Waals surface area contributed by atoms with Gasteiger partial charge in [-0.25, -0.2) is 4.98 Å². The normalized spacial score (nSPS) is 12.0. The van der Waals surface area contributed by atoms with Gasteiger partial charge in [0.2, 0.25) is 0 Å². The van der Waals surface area contributed by atoms with Gasteiger partial charge in [0.1, 0.15) is 0 Å². The van der Waals surface area contributed by atoms with Gasteiger partial charge in [-0.05, 0) is 38.7 Å². The molecular weight excluding hydrogens is 420 g/mol. The highest BCUT2D eigenvalue weighted by molar-refractivity contribution is 8.01. The van der Waals surface area contributed by atoms with Crippen LogP contribution in [0.3, 0.4) is 0 Å². The van der Waals surface area contributed by atoms with Crippen molar-refractivity contribution in [2.75, 3.05) is 20.6 Å². The molecule has 1 heterocycles. The first-order valence-electron chi connectivity index (χ1n) is 9.23.